The van der Waals surface area contributed by atoms with Crippen LogP contribution in [-0.4, -0.2) is 31.8 Å². The molecule has 1 atom stereocenters. The van der Waals surface area contributed by atoms with E-state index in [1.54, 1.807) is 42.0 Å². The molecule has 0 saturated carbocycles. The van der Waals surface area contributed by atoms with E-state index in [4.69, 9.17) is 16.3 Å². The Morgan fingerprint density at radius 2 is 1.96 bits per heavy atom. The first kappa shape index (κ1) is 17.9. The lowest BCUT2D eigenvalue weighted by Crippen LogP contribution is -2.30. The average Bonchev–Trinajstić information content (AvgIpc) is 3.16. The van der Waals surface area contributed by atoms with Crippen LogP contribution in [0.25, 0.3) is 16.9 Å². The molecule has 0 aliphatic rings. The van der Waals surface area contributed by atoms with Gasteiger partial charge in [-0.3, -0.25) is 4.79 Å². The molecule has 2 heterocycles. The summed E-state index contributed by atoms with van der Waals surface area (Å²) in [4.78, 5) is 12.4. The molecule has 0 aliphatic heterocycles. The number of carbonyl (C=O) groups excluding carboxylic acids is 1. The van der Waals surface area contributed by atoms with E-state index in [0.717, 1.165) is 11.3 Å². The summed E-state index contributed by atoms with van der Waals surface area (Å²) in [6, 6.07) is 18.1. The van der Waals surface area contributed by atoms with Crippen molar-refractivity contribution in [2.75, 3.05) is 5.32 Å². The van der Waals surface area contributed by atoms with Crippen LogP contribution in [0, 0.1) is 0 Å². The quantitative estimate of drug-likeness (QED) is 0.557. The third-order valence-electron chi connectivity index (χ3n) is 4.09. The van der Waals surface area contributed by atoms with Crippen molar-refractivity contribution >= 4 is 28.8 Å². The summed E-state index contributed by atoms with van der Waals surface area (Å²) in [5.74, 6) is 0.290. The van der Waals surface area contributed by atoms with E-state index < -0.39 is 6.10 Å². The van der Waals surface area contributed by atoms with Gasteiger partial charge in [0, 0.05) is 16.3 Å². The number of rotatable bonds is 5. The summed E-state index contributed by atoms with van der Waals surface area (Å²) in [6.07, 6.45) is 0.880. The van der Waals surface area contributed by atoms with Crippen molar-refractivity contribution in [1.82, 2.24) is 19.8 Å². The predicted molar refractivity (Wildman–Crippen MR) is 106 cm³/mol. The van der Waals surface area contributed by atoms with E-state index in [9.17, 15) is 4.79 Å². The zero-order chi connectivity index (χ0) is 19.5. The zero-order valence-corrected chi connectivity index (χ0v) is 15.7. The van der Waals surface area contributed by atoms with Gasteiger partial charge >= 0.3 is 0 Å². The van der Waals surface area contributed by atoms with Gasteiger partial charge in [-0.1, -0.05) is 29.8 Å². The van der Waals surface area contributed by atoms with Crippen molar-refractivity contribution in [2.24, 2.45) is 0 Å². The lowest BCUT2D eigenvalue weighted by Gasteiger charge is -2.15. The fourth-order valence-corrected chi connectivity index (χ4v) is 2.83. The molecule has 0 radical (unpaired) electrons. The van der Waals surface area contributed by atoms with E-state index in [-0.39, 0.29) is 5.91 Å². The second kappa shape index (κ2) is 7.66. The molecule has 140 valence electrons. The first-order chi connectivity index (χ1) is 13.6. The predicted octanol–water partition coefficient (Wildman–Crippen LogP) is 3.85. The molecule has 2 aromatic carbocycles. The van der Waals surface area contributed by atoms with Gasteiger partial charge < -0.3 is 10.1 Å². The van der Waals surface area contributed by atoms with Crippen LogP contribution in [0.2, 0.25) is 5.02 Å². The van der Waals surface area contributed by atoms with Crippen molar-refractivity contribution < 1.29 is 9.53 Å². The molecule has 0 spiro atoms. The standard InChI is InChI=1S/C20H16ClN5O2/c1-13(28-17-4-2-3-15(21)11-17)20(27)23-16-7-5-14(6-8-16)18-9-10-19-24-22-12-26(19)25-18/h2-13H,1H3,(H,23,27). The Kier molecular flexibility index (Phi) is 4.90. The number of halogens is 1. The molecule has 1 N–H and O–H groups in total. The molecule has 28 heavy (non-hydrogen) atoms. The smallest absolute Gasteiger partial charge is 0.265 e. The van der Waals surface area contributed by atoms with Gasteiger partial charge in [-0.05, 0) is 49.4 Å². The summed E-state index contributed by atoms with van der Waals surface area (Å²) >= 11 is 5.93. The van der Waals surface area contributed by atoms with E-state index in [1.807, 2.05) is 36.4 Å². The highest BCUT2D eigenvalue weighted by atomic mass is 35.5. The monoisotopic (exact) mass is 393 g/mol. The lowest BCUT2D eigenvalue weighted by atomic mass is 10.1. The number of nitrogens with zero attached hydrogens (tertiary/aromatic N) is 4. The van der Waals surface area contributed by atoms with Gasteiger partial charge in [0.15, 0.2) is 11.8 Å². The van der Waals surface area contributed by atoms with Crippen molar-refractivity contribution in [3.05, 3.63) is 72.0 Å². The van der Waals surface area contributed by atoms with E-state index in [1.165, 1.54) is 0 Å². The maximum atomic E-state index is 12.4. The third kappa shape index (κ3) is 3.94. The molecule has 7 nitrogen and oxygen atoms in total. The first-order valence-corrected chi connectivity index (χ1v) is 8.97. The van der Waals surface area contributed by atoms with Crippen LogP contribution in [0.15, 0.2) is 67.0 Å². The molecule has 4 aromatic rings. The Morgan fingerprint density at radius 1 is 1.14 bits per heavy atom. The number of ether oxygens (including phenoxy) is 1. The minimum absolute atomic E-state index is 0.253. The van der Waals surface area contributed by atoms with Gasteiger partial charge in [-0.2, -0.15) is 9.61 Å². The van der Waals surface area contributed by atoms with Crippen LogP contribution in [0.5, 0.6) is 5.75 Å². The van der Waals surface area contributed by atoms with Crippen LogP contribution in [0.3, 0.4) is 0 Å². The number of nitrogens with one attached hydrogen (secondary N) is 1. The number of hydrogen-bond donors (Lipinski definition) is 1. The number of carbonyl (C=O) groups is 1. The highest BCUT2D eigenvalue weighted by molar-refractivity contribution is 6.30. The molecule has 8 heteroatoms. The van der Waals surface area contributed by atoms with Crippen molar-refractivity contribution in [2.45, 2.75) is 13.0 Å². The van der Waals surface area contributed by atoms with Crippen LogP contribution in [0.4, 0.5) is 5.69 Å². The Bertz CT molecular complexity index is 1130. The number of amides is 1. The first-order valence-electron chi connectivity index (χ1n) is 8.59. The summed E-state index contributed by atoms with van der Waals surface area (Å²) in [7, 11) is 0. The topological polar surface area (TPSA) is 81.4 Å². The fraction of sp³-hybridized carbons (Fsp3) is 0.100. The molecular formula is C20H16ClN5O2. The maximum Gasteiger partial charge on any atom is 0.265 e. The molecule has 1 amide bonds. The normalized spacial score (nSPS) is 11.9. The number of aromatic nitrogens is 4. The Balaban J connectivity index is 1.42. The highest BCUT2D eigenvalue weighted by Gasteiger charge is 2.15. The molecule has 2 aromatic heterocycles. The summed E-state index contributed by atoms with van der Waals surface area (Å²) in [5, 5.41) is 15.6. The summed E-state index contributed by atoms with van der Waals surface area (Å²) < 4.78 is 7.25. The Labute approximate surface area is 165 Å². The minimum Gasteiger partial charge on any atom is -0.481 e. The Morgan fingerprint density at radius 3 is 2.75 bits per heavy atom. The van der Waals surface area contributed by atoms with E-state index in [2.05, 4.69) is 20.6 Å². The van der Waals surface area contributed by atoms with Crippen LogP contribution in [-0.2, 0) is 4.79 Å². The molecule has 0 bridgehead atoms. The number of anilines is 1. The second-order valence-corrected chi connectivity index (χ2v) is 6.57. The van der Waals surface area contributed by atoms with Crippen LogP contribution < -0.4 is 10.1 Å². The number of fused-ring (bicyclic) bond motifs is 1. The molecule has 0 aliphatic carbocycles. The zero-order valence-electron chi connectivity index (χ0n) is 14.9. The van der Waals surface area contributed by atoms with Crippen molar-refractivity contribution in [3.8, 4) is 17.0 Å². The van der Waals surface area contributed by atoms with E-state index in [0.29, 0.717) is 22.1 Å². The lowest BCUT2D eigenvalue weighted by molar-refractivity contribution is -0.122. The van der Waals surface area contributed by atoms with Gasteiger partial charge in [0.25, 0.3) is 5.91 Å². The molecule has 1 unspecified atom stereocenters. The fourth-order valence-electron chi connectivity index (χ4n) is 2.65. The third-order valence-corrected chi connectivity index (χ3v) is 4.32. The summed E-state index contributed by atoms with van der Waals surface area (Å²) in [5.41, 5.74) is 3.04. The number of hydrogen-bond acceptors (Lipinski definition) is 5. The molecule has 0 saturated heterocycles. The van der Waals surface area contributed by atoms with Crippen LogP contribution in [0.1, 0.15) is 6.92 Å². The van der Waals surface area contributed by atoms with Gasteiger partial charge in [0.2, 0.25) is 0 Å². The van der Waals surface area contributed by atoms with Crippen molar-refractivity contribution in [3.63, 3.8) is 0 Å². The second-order valence-electron chi connectivity index (χ2n) is 6.14. The largest absolute Gasteiger partial charge is 0.481 e. The van der Waals surface area contributed by atoms with Crippen LogP contribution >= 0.6 is 11.6 Å². The molecule has 0 fully saturated rings. The maximum absolute atomic E-state index is 12.4. The van der Waals surface area contributed by atoms with Gasteiger partial charge in [-0.25, -0.2) is 0 Å². The summed E-state index contributed by atoms with van der Waals surface area (Å²) in [6.45, 7) is 1.68. The molecular weight excluding hydrogens is 378 g/mol. The van der Waals surface area contributed by atoms with Gasteiger partial charge in [-0.15, -0.1) is 10.2 Å². The van der Waals surface area contributed by atoms with E-state index >= 15 is 0 Å². The van der Waals surface area contributed by atoms with Gasteiger partial charge in [0.1, 0.15) is 12.1 Å². The highest BCUT2D eigenvalue weighted by Crippen LogP contribution is 2.21. The van der Waals surface area contributed by atoms with Crippen molar-refractivity contribution in [1.29, 1.82) is 0 Å². The average molecular weight is 394 g/mol. The SMILES string of the molecule is CC(Oc1cccc(Cl)c1)C(=O)Nc1ccc(-c2ccc3nncn3n2)cc1. The minimum atomic E-state index is -0.670. The van der Waals surface area contributed by atoms with Gasteiger partial charge in [0.05, 0.1) is 5.69 Å². The molecule has 4 rings (SSSR count). The number of benzene rings is 2. The Hall–Kier alpha value is -3.45.